The van der Waals surface area contributed by atoms with Gasteiger partial charge in [-0.2, -0.15) is 0 Å². The Hall–Kier alpha value is -2.82. The van der Waals surface area contributed by atoms with Crippen LogP contribution in [-0.4, -0.2) is 26.1 Å². The molecule has 23 heavy (non-hydrogen) atoms. The Morgan fingerprint density at radius 2 is 1.78 bits per heavy atom. The molecule has 5 nitrogen and oxygen atoms in total. The average Bonchev–Trinajstić information content (AvgIpc) is 2.60. The van der Waals surface area contributed by atoms with Crippen molar-refractivity contribution in [3.8, 4) is 5.75 Å². The van der Waals surface area contributed by atoms with Gasteiger partial charge in [0.25, 0.3) is 0 Å². The minimum atomic E-state index is -0.431. The van der Waals surface area contributed by atoms with Gasteiger partial charge in [-0.05, 0) is 42.3 Å². The average molecular weight is 313 g/mol. The molecule has 1 amide bonds. The summed E-state index contributed by atoms with van der Waals surface area (Å²) in [7, 11) is 2.94. The van der Waals surface area contributed by atoms with E-state index in [4.69, 9.17) is 4.74 Å². The van der Waals surface area contributed by atoms with Gasteiger partial charge in [-0.1, -0.05) is 18.2 Å². The molecule has 0 radical (unpaired) electrons. The standard InChI is InChI=1S/C18H19NO4/c1-22-16-9-6-13(7-10-16)8-11-17(20)19-15-5-3-4-14(12-15)18(21)23-2/h3-7,9-10,12H,8,11H2,1-2H3,(H,19,20). The van der Waals surface area contributed by atoms with Crippen molar-refractivity contribution >= 4 is 17.6 Å². The summed E-state index contributed by atoms with van der Waals surface area (Å²) in [5.41, 5.74) is 2.04. The fourth-order valence-corrected chi connectivity index (χ4v) is 2.12. The third kappa shape index (κ3) is 4.85. The van der Waals surface area contributed by atoms with Gasteiger partial charge in [0.2, 0.25) is 5.91 Å². The Morgan fingerprint density at radius 1 is 1.04 bits per heavy atom. The summed E-state index contributed by atoms with van der Waals surface area (Å²) in [4.78, 5) is 23.5. The van der Waals surface area contributed by atoms with Crippen LogP contribution in [0.25, 0.3) is 0 Å². The van der Waals surface area contributed by atoms with Crippen LogP contribution in [0.2, 0.25) is 0 Å². The highest BCUT2D eigenvalue weighted by Gasteiger charge is 2.08. The second-order valence-corrected chi connectivity index (χ2v) is 4.97. The summed E-state index contributed by atoms with van der Waals surface area (Å²) < 4.78 is 9.76. The molecule has 0 aliphatic carbocycles. The van der Waals surface area contributed by atoms with Crippen molar-refractivity contribution < 1.29 is 19.1 Å². The molecule has 0 spiro atoms. The van der Waals surface area contributed by atoms with E-state index in [1.54, 1.807) is 31.4 Å². The van der Waals surface area contributed by atoms with Crippen LogP contribution >= 0.6 is 0 Å². The van der Waals surface area contributed by atoms with Crippen LogP contribution in [0.4, 0.5) is 5.69 Å². The first-order chi connectivity index (χ1) is 11.1. The molecule has 0 fully saturated rings. The van der Waals surface area contributed by atoms with Gasteiger partial charge < -0.3 is 14.8 Å². The number of anilines is 1. The number of benzene rings is 2. The van der Waals surface area contributed by atoms with Crippen LogP contribution in [0.1, 0.15) is 22.3 Å². The number of hydrogen-bond donors (Lipinski definition) is 1. The van der Waals surface area contributed by atoms with Crippen molar-refractivity contribution in [2.45, 2.75) is 12.8 Å². The summed E-state index contributed by atoms with van der Waals surface area (Å²) in [6.45, 7) is 0. The molecule has 2 rings (SSSR count). The van der Waals surface area contributed by atoms with Crippen molar-refractivity contribution in [3.05, 3.63) is 59.7 Å². The first-order valence-electron chi connectivity index (χ1n) is 7.23. The fourth-order valence-electron chi connectivity index (χ4n) is 2.12. The number of ether oxygens (including phenoxy) is 2. The summed E-state index contributed by atoms with van der Waals surface area (Å²) in [5.74, 6) is 0.250. The Labute approximate surface area is 135 Å². The van der Waals surface area contributed by atoms with Gasteiger partial charge in [-0.25, -0.2) is 4.79 Å². The van der Waals surface area contributed by atoms with Crippen molar-refractivity contribution in [1.29, 1.82) is 0 Å². The lowest BCUT2D eigenvalue weighted by molar-refractivity contribution is -0.116. The van der Waals surface area contributed by atoms with Crippen LogP contribution < -0.4 is 10.1 Å². The van der Waals surface area contributed by atoms with E-state index in [-0.39, 0.29) is 5.91 Å². The van der Waals surface area contributed by atoms with Gasteiger partial charge >= 0.3 is 5.97 Å². The Bertz CT molecular complexity index is 680. The first-order valence-corrected chi connectivity index (χ1v) is 7.23. The minimum absolute atomic E-state index is 0.108. The summed E-state index contributed by atoms with van der Waals surface area (Å²) >= 11 is 0. The summed E-state index contributed by atoms with van der Waals surface area (Å²) in [6.07, 6.45) is 0.987. The number of carbonyl (C=O) groups excluding carboxylic acids is 2. The SMILES string of the molecule is COC(=O)c1cccc(NC(=O)CCc2ccc(OC)cc2)c1. The van der Waals surface area contributed by atoms with Gasteiger partial charge in [-0.3, -0.25) is 4.79 Å². The van der Waals surface area contributed by atoms with Gasteiger partial charge in [0, 0.05) is 12.1 Å². The Kier molecular flexibility index (Phi) is 5.74. The van der Waals surface area contributed by atoms with Crippen molar-refractivity contribution in [3.63, 3.8) is 0 Å². The molecule has 0 aliphatic heterocycles. The molecule has 0 aliphatic rings. The molecule has 5 heteroatoms. The zero-order chi connectivity index (χ0) is 16.7. The van der Waals surface area contributed by atoms with Crippen molar-refractivity contribution in [2.75, 3.05) is 19.5 Å². The molecule has 0 heterocycles. The quantitative estimate of drug-likeness (QED) is 0.833. The number of hydrogen-bond acceptors (Lipinski definition) is 4. The topological polar surface area (TPSA) is 64.6 Å². The van der Waals surface area contributed by atoms with Crippen molar-refractivity contribution in [2.24, 2.45) is 0 Å². The maximum atomic E-state index is 12.0. The fraction of sp³-hybridized carbons (Fsp3) is 0.222. The van der Waals surface area contributed by atoms with E-state index in [1.165, 1.54) is 7.11 Å². The Morgan fingerprint density at radius 3 is 2.43 bits per heavy atom. The maximum absolute atomic E-state index is 12.0. The van der Waals surface area contributed by atoms with E-state index < -0.39 is 5.97 Å². The molecule has 120 valence electrons. The van der Waals surface area contributed by atoms with E-state index in [9.17, 15) is 9.59 Å². The number of amides is 1. The van der Waals surface area contributed by atoms with Crippen LogP contribution in [0.15, 0.2) is 48.5 Å². The molecular weight excluding hydrogens is 294 g/mol. The molecule has 2 aromatic rings. The zero-order valence-electron chi connectivity index (χ0n) is 13.2. The molecule has 0 saturated carbocycles. The van der Waals surface area contributed by atoms with Crippen LogP contribution in [-0.2, 0) is 16.0 Å². The van der Waals surface area contributed by atoms with Crippen LogP contribution in [0.3, 0.4) is 0 Å². The highest BCUT2D eigenvalue weighted by molar-refractivity contribution is 5.94. The second-order valence-electron chi connectivity index (χ2n) is 4.97. The summed E-state index contributed by atoms with van der Waals surface area (Å²) in [5, 5.41) is 2.78. The minimum Gasteiger partial charge on any atom is -0.497 e. The number of nitrogens with one attached hydrogen (secondary N) is 1. The van der Waals surface area contributed by atoms with Gasteiger partial charge in [0.15, 0.2) is 0 Å². The lowest BCUT2D eigenvalue weighted by Crippen LogP contribution is -2.13. The predicted octanol–water partition coefficient (Wildman–Crippen LogP) is 3.05. The molecule has 0 atom stereocenters. The van der Waals surface area contributed by atoms with Crippen molar-refractivity contribution in [1.82, 2.24) is 0 Å². The Balaban J connectivity index is 1.90. The normalized spacial score (nSPS) is 10.0. The smallest absolute Gasteiger partial charge is 0.337 e. The number of methoxy groups -OCH3 is 2. The van der Waals surface area contributed by atoms with E-state index in [2.05, 4.69) is 10.1 Å². The molecule has 0 saturated heterocycles. The number of esters is 1. The second kappa shape index (κ2) is 7.98. The van der Waals surface area contributed by atoms with E-state index in [1.807, 2.05) is 24.3 Å². The zero-order valence-corrected chi connectivity index (χ0v) is 13.2. The van der Waals surface area contributed by atoms with Crippen LogP contribution in [0, 0.1) is 0 Å². The molecule has 0 bridgehead atoms. The molecule has 2 aromatic carbocycles. The van der Waals surface area contributed by atoms with Gasteiger partial charge in [-0.15, -0.1) is 0 Å². The third-order valence-corrected chi connectivity index (χ3v) is 3.37. The van der Waals surface area contributed by atoms with E-state index in [0.717, 1.165) is 11.3 Å². The molecular formula is C18H19NO4. The van der Waals surface area contributed by atoms with Gasteiger partial charge in [0.1, 0.15) is 5.75 Å². The monoisotopic (exact) mass is 313 g/mol. The van der Waals surface area contributed by atoms with E-state index in [0.29, 0.717) is 24.1 Å². The van der Waals surface area contributed by atoms with Gasteiger partial charge in [0.05, 0.1) is 19.8 Å². The highest BCUT2D eigenvalue weighted by Crippen LogP contribution is 2.14. The largest absolute Gasteiger partial charge is 0.497 e. The predicted molar refractivity (Wildman–Crippen MR) is 87.7 cm³/mol. The maximum Gasteiger partial charge on any atom is 0.337 e. The number of aryl methyl sites for hydroxylation is 1. The van der Waals surface area contributed by atoms with E-state index >= 15 is 0 Å². The van der Waals surface area contributed by atoms with Crippen LogP contribution in [0.5, 0.6) is 5.75 Å². The molecule has 0 unspecified atom stereocenters. The number of carbonyl (C=O) groups is 2. The number of rotatable bonds is 6. The third-order valence-electron chi connectivity index (χ3n) is 3.37. The molecule has 1 N–H and O–H groups in total. The molecule has 0 aromatic heterocycles. The lowest BCUT2D eigenvalue weighted by Gasteiger charge is -2.07. The summed E-state index contributed by atoms with van der Waals surface area (Å²) in [6, 6.07) is 14.3. The highest BCUT2D eigenvalue weighted by atomic mass is 16.5. The lowest BCUT2D eigenvalue weighted by atomic mass is 10.1. The first kappa shape index (κ1) is 16.5.